The molecule has 2 aromatic carbocycles. The largest absolute Gasteiger partial charge is 0.497 e. The molecule has 1 atom stereocenters. The van der Waals surface area contributed by atoms with Crippen molar-refractivity contribution in [3.63, 3.8) is 0 Å². The molecule has 1 amide bonds. The second kappa shape index (κ2) is 8.73. The lowest BCUT2D eigenvalue weighted by Crippen LogP contribution is -2.34. The molecule has 0 fully saturated rings. The number of rotatable bonds is 8. The fraction of sp³-hybridized carbons (Fsp3) is 0.263. The first-order chi connectivity index (χ1) is 12.0. The fourth-order valence-electron chi connectivity index (χ4n) is 2.47. The molecular weight excluding hydrogens is 322 g/mol. The van der Waals surface area contributed by atoms with Crippen LogP contribution in [0.4, 0.5) is 0 Å². The predicted molar refractivity (Wildman–Crippen MR) is 93.2 cm³/mol. The smallest absolute Gasteiger partial charge is 0.308 e. The maximum absolute atomic E-state index is 12.2. The Morgan fingerprint density at radius 3 is 2.52 bits per heavy atom. The average molecular weight is 343 g/mol. The van der Waals surface area contributed by atoms with Crippen molar-refractivity contribution in [1.82, 2.24) is 5.32 Å². The van der Waals surface area contributed by atoms with Crippen molar-refractivity contribution >= 4 is 11.9 Å². The molecule has 2 rings (SSSR count). The van der Waals surface area contributed by atoms with Crippen molar-refractivity contribution in [2.75, 3.05) is 20.8 Å². The maximum atomic E-state index is 12.2. The van der Waals surface area contributed by atoms with E-state index in [0.717, 1.165) is 5.56 Å². The number of ether oxygens (including phenoxy) is 2. The lowest BCUT2D eigenvalue weighted by atomic mass is 9.98. The summed E-state index contributed by atoms with van der Waals surface area (Å²) in [4.78, 5) is 23.8. The highest BCUT2D eigenvalue weighted by molar-refractivity contribution is 5.94. The van der Waals surface area contributed by atoms with E-state index in [0.29, 0.717) is 17.1 Å². The van der Waals surface area contributed by atoms with Gasteiger partial charge in [-0.1, -0.05) is 24.3 Å². The fourth-order valence-corrected chi connectivity index (χ4v) is 2.47. The van der Waals surface area contributed by atoms with E-state index in [9.17, 15) is 14.7 Å². The number of benzene rings is 2. The quantitative estimate of drug-likeness (QED) is 0.769. The van der Waals surface area contributed by atoms with Gasteiger partial charge in [0.1, 0.15) is 11.5 Å². The molecule has 0 bridgehead atoms. The van der Waals surface area contributed by atoms with E-state index in [4.69, 9.17) is 9.47 Å². The first kappa shape index (κ1) is 18.3. The number of carboxylic acids is 1. The molecular formula is C19H21NO5. The summed E-state index contributed by atoms with van der Waals surface area (Å²) in [6.45, 7) is 0.0173. The summed E-state index contributed by atoms with van der Waals surface area (Å²) in [5.41, 5.74) is 1.20. The highest BCUT2D eigenvalue weighted by Gasteiger charge is 2.21. The Balaban J connectivity index is 2.04. The summed E-state index contributed by atoms with van der Waals surface area (Å²) < 4.78 is 10.3. The molecule has 2 aromatic rings. The van der Waals surface area contributed by atoms with Gasteiger partial charge >= 0.3 is 5.97 Å². The van der Waals surface area contributed by atoms with E-state index in [1.54, 1.807) is 37.4 Å². The van der Waals surface area contributed by atoms with Crippen LogP contribution in [-0.4, -0.2) is 37.7 Å². The molecule has 0 spiro atoms. The van der Waals surface area contributed by atoms with E-state index >= 15 is 0 Å². The highest BCUT2D eigenvalue weighted by atomic mass is 16.5. The summed E-state index contributed by atoms with van der Waals surface area (Å²) >= 11 is 0. The van der Waals surface area contributed by atoms with Crippen molar-refractivity contribution < 1.29 is 24.2 Å². The molecule has 0 saturated heterocycles. The van der Waals surface area contributed by atoms with Crippen LogP contribution in [0.15, 0.2) is 48.5 Å². The lowest BCUT2D eigenvalue weighted by molar-refractivity contribution is -0.141. The number of hydrogen-bond donors (Lipinski definition) is 2. The van der Waals surface area contributed by atoms with Crippen LogP contribution in [0, 0.1) is 5.92 Å². The first-order valence-corrected chi connectivity index (χ1v) is 7.82. The summed E-state index contributed by atoms with van der Waals surface area (Å²) in [6.07, 6.45) is 0.262. The van der Waals surface area contributed by atoms with E-state index < -0.39 is 11.9 Å². The third-order valence-electron chi connectivity index (χ3n) is 3.85. The number of carbonyl (C=O) groups is 2. The molecule has 0 aliphatic carbocycles. The zero-order valence-electron chi connectivity index (χ0n) is 14.2. The second-order valence-corrected chi connectivity index (χ2v) is 5.49. The Bertz CT molecular complexity index is 744. The molecule has 1 unspecified atom stereocenters. The van der Waals surface area contributed by atoms with Crippen LogP contribution < -0.4 is 14.8 Å². The molecule has 25 heavy (non-hydrogen) atoms. The molecule has 0 aromatic heterocycles. The third-order valence-corrected chi connectivity index (χ3v) is 3.85. The number of aliphatic carboxylic acids is 1. The molecule has 0 aliphatic heterocycles. The number of carboxylic acid groups (broad SMARTS) is 1. The van der Waals surface area contributed by atoms with Gasteiger partial charge in [0.15, 0.2) is 0 Å². The number of amides is 1. The van der Waals surface area contributed by atoms with Gasteiger partial charge in [-0.2, -0.15) is 0 Å². The number of nitrogens with one attached hydrogen (secondary N) is 1. The van der Waals surface area contributed by atoms with E-state index in [-0.39, 0.29) is 18.9 Å². The van der Waals surface area contributed by atoms with Gasteiger partial charge in [-0.3, -0.25) is 9.59 Å². The standard InChI is InChI=1S/C19H21NO5/c1-24-16-8-5-7-14(11-16)18(21)20-12-15(19(22)23)10-13-6-3-4-9-17(13)25-2/h3-9,11,15H,10,12H2,1-2H3,(H,20,21)(H,22,23). The highest BCUT2D eigenvalue weighted by Crippen LogP contribution is 2.21. The zero-order chi connectivity index (χ0) is 18.2. The van der Waals surface area contributed by atoms with Gasteiger partial charge in [0, 0.05) is 12.1 Å². The Morgan fingerprint density at radius 2 is 1.84 bits per heavy atom. The topological polar surface area (TPSA) is 84.9 Å². The van der Waals surface area contributed by atoms with Gasteiger partial charge in [-0.25, -0.2) is 0 Å². The van der Waals surface area contributed by atoms with Gasteiger partial charge < -0.3 is 19.9 Å². The van der Waals surface area contributed by atoms with Crippen LogP contribution in [0.3, 0.4) is 0 Å². The summed E-state index contributed by atoms with van der Waals surface area (Å²) in [6, 6.07) is 13.9. The summed E-state index contributed by atoms with van der Waals surface area (Å²) in [7, 11) is 3.06. The summed E-state index contributed by atoms with van der Waals surface area (Å²) in [5, 5.41) is 12.1. The van der Waals surface area contributed by atoms with Crippen molar-refractivity contribution in [3.8, 4) is 11.5 Å². The van der Waals surface area contributed by atoms with Crippen molar-refractivity contribution in [3.05, 3.63) is 59.7 Å². The molecule has 0 saturated carbocycles. The first-order valence-electron chi connectivity index (χ1n) is 7.82. The average Bonchev–Trinajstić information content (AvgIpc) is 2.64. The summed E-state index contributed by atoms with van der Waals surface area (Å²) in [5.74, 6) is -0.878. The number of carbonyl (C=O) groups excluding carboxylic acids is 1. The Kier molecular flexibility index (Phi) is 6.39. The predicted octanol–water partition coefficient (Wildman–Crippen LogP) is 2.38. The van der Waals surface area contributed by atoms with Crippen LogP contribution in [0.25, 0.3) is 0 Å². The SMILES string of the molecule is COc1cccc(C(=O)NCC(Cc2ccccc2OC)C(=O)O)c1. The molecule has 0 radical (unpaired) electrons. The Hall–Kier alpha value is -3.02. The third kappa shape index (κ3) is 4.97. The van der Waals surface area contributed by atoms with Crippen molar-refractivity contribution in [1.29, 1.82) is 0 Å². The minimum atomic E-state index is -0.975. The lowest BCUT2D eigenvalue weighted by Gasteiger charge is -2.15. The molecule has 0 heterocycles. The zero-order valence-corrected chi connectivity index (χ0v) is 14.2. The second-order valence-electron chi connectivity index (χ2n) is 5.49. The molecule has 6 heteroatoms. The Morgan fingerprint density at radius 1 is 1.08 bits per heavy atom. The van der Waals surface area contributed by atoms with E-state index in [2.05, 4.69) is 5.32 Å². The van der Waals surface area contributed by atoms with Gasteiger partial charge in [-0.15, -0.1) is 0 Å². The minimum absolute atomic E-state index is 0.0173. The monoisotopic (exact) mass is 343 g/mol. The molecule has 2 N–H and O–H groups in total. The van der Waals surface area contributed by atoms with E-state index in [1.807, 2.05) is 18.2 Å². The van der Waals surface area contributed by atoms with Crippen LogP contribution in [0.5, 0.6) is 11.5 Å². The van der Waals surface area contributed by atoms with E-state index in [1.165, 1.54) is 7.11 Å². The molecule has 132 valence electrons. The van der Waals surface area contributed by atoms with Crippen LogP contribution >= 0.6 is 0 Å². The molecule has 0 aliphatic rings. The normalized spacial score (nSPS) is 11.4. The minimum Gasteiger partial charge on any atom is -0.497 e. The van der Waals surface area contributed by atoms with Crippen molar-refractivity contribution in [2.45, 2.75) is 6.42 Å². The van der Waals surface area contributed by atoms with Crippen LogP contribution in [0.2, 0.25) is 0 Å². The van der Waals surface area contributed by atoms with Crippen molar-refractivity contribution in [2.24, 2.45) is 5.92 Å². The van der Waals surface area contributed by atoms with Gasteiger partial charge in [-0.05, 0) is 36.2 Å². The van der Waals surface area contributed by atoms with Gasteiger partial charge in [0.25, 0.3) is 5.91 Å². The number of hydrogen-bond acceptors (Lipinski definition) is 4. The van der Waals surface area contributed by atoms with Gasteiger partial charge in [0.05, 0.1) is 20.1 Å². The van der Waals surface area contributed by atoms with Gasteiger partial charge in [0.2, 0.25) is 0 Å². The maximum Gasteiger partial charge on any atom is 0.308 e. The molecule has 6 nitrogen and oxygen atoms in total. The van der Waals surface area contributed by atoms with Crippen LogP contribution in [-0.2, 0) is 11.2 Å². The van der Waals surface area contributed by atoms with Crippen LogP contribution in [0.1, 0.15) is 15.9 Å². The Labute approximate surface area is 146 Å². The number of para-hydroxylation sites is 1. The number of methoxy groups -OCH3 is 2.